The third-order valence-corrected chi connectivity index (χ3v) is 7.20. The maximum atomic E-state index is 12.7. The van der Waals surface area contributed by atoms with Crippen molar-refractivity contribution in [2.24, 2.45) is 5.92 Å². The normalized spacial score (nSPS) is 17.2. The van der Waals surface area contributed by atoms with Gasteiger partial charge in [0.05, 0.1) is 28.5 Å². The molecule has 1 amide bonds. The monoisotopic (exact) mass is 503 g/mol. The van der Waals surface area contributed by atoms with E-state index in [1.54, 1.807) is 0 Å². The van der Waals surface area contributed by atoms with E-state index in [1.165, 1.54) is 0 Å². The quantitative estimate of drug-likeness (QED) is 0.409. The van der Waals surface area contributed by atoms with Gasteiger partial charge in [-0.25, -0.2) is 14.8 Å². The number of carbonyl (C=O) groups is 1. The molecule has 1 N–H and O–H groups in total. The van der Waals surface area contributed by atoms with Crippen molar-refractivity contribution in [1.82, 2.24) is 15.3 Å². The summed E-state index contributed by atoms with van der Waals surface area (Å²) in [6.07, 6.45) is 0.944. The van der Waals surface area contributed by atoms with E-state index in [4.69, 9.17) is 24.0 Å². The zero-order valence-electron chi connectivity index (χ0n) is 23.0. The molecular formula is C29H38BN3O4. The van der Waals surface area contributed by atoms with Gasteiger partial charge < -0.3 is 19.4 Å². The number of aromatic nitrogens is 2. The summed E-state index contributed by atoms with van der Waals surface area (Å²) in [5.41, 5.74) is 2.81. The number of nitrogens with zero attached hydrogens (tertiary/aromatic N) is 2. The molecule has 1 aromatic heterocycles. The van der Waals surface area contributed by atoms with E-state index in [2.05, 4.69) is 32.2 Å². The van der Waals surface area contributed by atoms with Crippen molar-refractivity contribution in [3.63, 3.8) is 0 Å². The Balaban J connectivity index is 1.58. The van der Waals surface area contributed by atoms with Crippen LogP contribution in [-0.4, -0.2) is 34.4 Å². The van der Waals surface area contributed by atoms with Gasteiger partial charge in [0.15, 0.2) is 5.82 Å². The SMILES string of the molecule is CCc1nc(C(CC(C)C)NC(=O)OCc2ccccc2)nc2ccc(B3OC(C)(C)C(C)(C)O3)cc12. The van der Waals surface area contributed by atoms with Gasteiger partial charge in [-0.05, 0) is 63.5 Å². The highest BCUT2D eigenvalue weighted by molar-refractivity contribution is 6.62. The first-order valence-corrected chi connectivity index (χ1v) is 13.1. The molecule has 8 heteroatoms. The van der Waals surface area contributed by atoms with Crippen molar-refractivity contribution in [1.29, 1.82) is 0 Å². The fourth-order valence-corrected chi connectivity index (χ4v) is 4.39. The summed E-state index contributed by atoms with van der Waals surface area (Å²) >= 11 is 0. The molecule has 7 nitrogen and oxygen atoms in total. The van der Waals surface area contributed by atoms with Crippen molar-refractivity contribution in [2.45, 2.75) is 85.2 Å². The number of aryl methyl sites for hydroxylation is 1. The van der Waals surface area contributed by atoms with Crippen LogP contribution in [0.5, 0.6) is 0 Å². The lowest BCUT2D eigenvalue weighted by Crippen LogP contribution is -2.41. The van der Waals surface area contributed by atoms with E-state index in [0.717, 1.165) is 34.0 Å². The first kappa shape index (κ1) is 27.1. The van der Waals surface area contributed by atoms with E-state index in [9.17, 15) is 4.79 Å². The summed E-state index contributed by atoms with van der Waals surface area (Å²) < 4.78 is 18.0. The summed E-state index contributed by atoms with van der Waals surface area (Å²) in [5.74, 6) is 0.924. The Bertz CT molecular complexity index is 1230. The largest absolute Gasteiger partial charge is 0.494 e. The molecule has 1 aliphatic heterocycles. The summed E-state index contributed by atoms with van der Waals surface area (Å²) in [6, 6.07) is 15.3. The molecule has 3 aromatic rings. The second kappa shape index (κ2) is 10.8. The van der Waals surface area contributed by atoms with Crippen molar-refractivity contribution in [3.8, 4) is 0 Å². The molecule has 0 aliphatic carbocycles. The fraction of sp³-hybridized carbons (Fsp3) is 0.483. The smallest absolute Gasteiger partial charge is 0.445 e. The van der Waals surface area contributed by atoms with Crippen molar-refractivity contribution in [3.05, 3.63) is 65.6 Å². The zero-order chi connectivity index (χ0) is 26.8. The second-order valence-electron chi connectivity index (χ2n) is 11.1. The first-order chi connectivity index (χ1) is 17.5. The molecule has 1 atom stereocenters. The lowest BCUT2D eigenvalue weighted by molar-refractivity contribution is 0.00578. The highest BCUT2D eigenvalue weighted by Gasteiger charge is 2.51. The number of ether oxygens (including phenoxy) is 1. The average molecular weight is 503 g/mol. The van der Waals surface area contributed by atoms with Crippen LogP contribution in [0, 0.1) is 5.92 Å². The van der Waals surface area contributed by atoms with E-state index in [-0.39, 0.29) is 12.6 Å². The van der Waals surface area contributed by atoms with Crippen molar-refractivity contribution < 1.29 is 18.8 Å². The number of rotatable bonds is 8. The molecule has 1 saturated heterocycles. The van der Waals surface area contributed by atoms with Gasteiger partial charge in [0, 0.05) is 5.39 Å². The second-order valence-corrected chi connectivity index (χ2v) is 11.1. The number of alkyl carbamates (subject to hydrolysis) is 1. The Hall–Kier alpha value is -2.97. The van der Waals surface area contributed by atoms with E-state index in [1.807, 2.05) is 70.2 Å². The Morgan fingerprint density at radius 3 is 2.32 bits per heavy atom. The van der Waals surface area contributed by atoms with Gasteiger partial charge in [0.1, 0.15) is 6.61 Å². The zero-order valence-corrected chi connectivity index (χ0v) is 23.0. The van der Waals surface area contributed by atoms with Crippen LogP contribution >= 0.6 is 0 Å². The molecule has 1 fully saturated rings. The minimum atomic E-state index is -0.479. The predicted octanol–water partition coefficient (Wildman–Crippen LogP) is 5.51. The molecular weight excluding hydrogens is 465 g/mol. The van der Waals surface area contributed by atoms with E-state index < -0.39 is 24.4 Å². The highest BCUT2D eigenvalue weighted by Crippen LogP contribution is 2.36. The maximum absolute atomic E-state index is 12.7. The van der Waals surface area contributed by atoms with Crippen LogP contribution in [0.2, 0.25) is 0 Å². The van der Waals surface area contributed by atoms with Crippen LogP contribution < -0.4 is 10.8 Å². The third kappa shape index (κ3) is 6.13. The lowest BCUT2D eigenvalue weighted by atomic mass is 9.78. The number of nitrogens with one attached hydrogen (secondary N) is 1. The summed E-state index contributed by atoms with van der Waals surface area (Å²) in [7, 11) is -0.450. The Morgan fingerprint density at radius 1 is 1.03 bits per heavy atom. The predicted molar refractivity (Wildman–Crippen MR) is 147 cm³/mol. The van der Waals surface area contributed by atoms with Gasteiger partial charge in [0.25, 0.3) is 0 Å². The van der Waals surface area contributed by atoms with Gasteiger partial charge in [-0.2, -0.15) is 0 Å². The van der Waals surface area contributed by atoms with Crippen molar-refractivity contribution >= 4 is 29.6 Å². The van der Waals surface area contributed by atoms with Crippen molar-refractivity contribution in [2.75, 3.05) is 0 Å². The number of benzene rings is 2. The van der Waals surface area contributed by atoms with Crippen LogP contribution in [-0.2, 0) is 27.1 Å². The first-order valence-electron chi connectivity index (χ1n) is 13.1. The minimum absolute atomic E-state index is 0.210. The summed E-state index contributed by atoms with van der Waals surface area (Å²) in [5, 5.41) is 3.97. The van der Waals surface area contributed by atoms with Gasteiger partial charge in [0.2, 0.25) is 0 Å². The number of hydrogen-bond donors (Lipinski definition) is 1. The molecule has 4 rings (SSSR count). The average Bonchev–Trinajstić information content (AvgIpc) is 3.08. The number of amides is 1. The topological polar surface area (TPSA) is 82.6 Å². The highest BCUT2D eigenvalue weighted by atomic mass is 16.7. The summed E-state index contributed by atoms with van der Waals surface area (Å²) in [6.45, 7) is 14.7. The van der Waals surface area contributed by atoms with Gasteiger partial charge in [-0.3, -0.25) is 0 Å². The summed E-state index contributed by atoms with van der Waals surface area (Å²) in [4.78, 5) is 22.5. The van der Waals surface area contributed by atoms with Crippen LogP contribution in [0.1, 0.15) is 78.0 Å². The van der Waals surface area contributed by atoms with Gasteiger partial charge in [-0.1, -0.05) is 63.2 Å². The molecule has 1 aliphatic rings. The molecule has 2 aromatic carbocycles. The maximum Gasteiger partial charge on any atom is 0.494 e. The Labute approximate surface area is 220 Å². The molecule has 0 spiro atoms. The molecule has 37 heavy (non-hydrogen) atoms. The standard InChI is InChI=1S/C29H38BN3O4/c1-8-23-22-17-21(30-36-28(4,5)29(6,7)37-30)14-15-24(22)32-26(31-23)25(16-19(2)3)33-27(34)35-18-20-12-10-9-11-13-20/h9-15,17,19,25H,8,16,18H2,1-7H3,(H,33,34). The molecule has 0 radical (unpaired) electrons. The van der Waals surface area contributed by atoms with Gasteiger partial charge in [-0.15, -0.1) is 0 Å². The Morgan fingerprint density at radius 2 is 1.70 bits per heavy atom. The molecule has 1 unspecified atom stereocenters. The molecule has 0 saturated carbocycles. The van der Waals surface area contributed by atoms with E-state index in [0.29, 0.717) is 18.2 Å². The number of hydrogen-bond acceptors (Lipinski definition) is 6. The van der Waals surface area contributed by atoms with E-state index >= 15 is 0 Å². The van der Waals surface area contributed by atoms with Crippen LogP contribution in [0.25, 0.3) is 10.9 Å². The minimum Gasteiger partial charge on any atom is -0.445 e. The molecule has 196 valence electrons. The molecule has 0 bridgehead atoms. The number of fused-ring (bicyclic) bond motifs is 1. The Kier molecular flexibility index (Phi) is 7.90. The van der Waals surface area contributed by atoms with Crippen LogP contribution in [0.4, 0.5) is 4.79 Å². The van der Waals surface area contributed by atoms with Gasteiger partial charge >= 0.3 is 13.2 Å². The van der Waals surface area contributed by atoms with Crippen LogP contribution in [0.3, 0.4) is 0 Å². The molecule has 2 heterocycles. The fourth-order valence-electron chi connectivity index (χ4n) is 4.39. The lowest BCUT2D eigenvalue weighted by Gasteiger charge is -2.32. The number of carbonyl (C=O) groups excluding carboxylic acids is 1. The third-order valence-electron chi connectivity index (χ3n) is 7.20. The van der Waals surface area contributed by atoms with Crippen LogP contribution in [0.15, 0.2) is 48.5 Å².